The van der Waals surface area contributed by atoms with Gasteiger partial charge in [0.2, 0.25) is 0 Å². The van der Waals surface area contributed by atoms with Gasteiger partial charge in [0.25, 0.3) is 5.91 Å². The third kappa shape index (κ3) is 3.62. The Morgan fingerprint density at radius 1 is 1.53 bits per heavy atom. The molecule has 0 radical (unpaired) electrons. The molecule has 7 heteroatoms. The molecule has 1 fully saturated rings. The minimum atomic E-state index is -0.189. The Morgan fingerprint density at radius 3 is 2.95 bits per heavy atom. The molecule has 1 saturated heterocycles. The maximum Gasteiger partial charge on any atom is 0.271 e. The molecule has 19 heavy (non-hydrogen) atoms. The Hall–Kier alpha value is -1.73. The highest BCUT2D eigenvalue weighted by Gasteiger charge is 2.21. The summed E-state index contributed by atoms with van der Waals surface area (Å²) in [5, 5.41) is 10.5. The van der Waals surface area contributed by atoms with E-state index in [1.165, 1.54) is 0 Å². The van der Waals surface area contributed by atoms with E-state index in [0.717, 1.165) is 26.1 Å². The number of carbonyl (C=O) groups excluding carboxylic acids is 1. The second kappa shape index (κ2) is 6.44. The summed E-state index contributed by atoms with van der Waals surface area (Å²) in [6, 6.07) is 3.22. The molecule has 4 N–H and O–H groups in total. The van der Waals surface area contributed by atoms with Crippen molar-refractivity contribution in [2.24, 2.45) is 11.8 Å². The molecule has 1 amide bonds. The molecule has 0 aliphatic carbocycles. The molecule has 0 aromatic carbocycles. The normalized spacial score (nSPS) is 19.4. The van der Waals surface area contributed by atoms with E-state index in [1.807, 2.05) is 0 Å². The van der Waals surface area contributed by atoms with Crippen LogP contribution < -0.4 is 16.6 Å². The minimum Gasteiger partial charge on any atom is -0.350 e. The molecule has 7 nitrogen and oxygen atoms in total. The van der Waals surface area contributed by atoms with E-state index in [0.29, 0.717) is 24.0 Å². The van der Waals surface area contributed by atoms with E-state index in [4.69, 9.17) is 5.84 Å². The fraction of sp³-hybridized carbons (Fsp3) is 0.583. The first-order chi connectivity index (χ1) is 9.22. The molecule has 0 spiro atoms. The first kappa shape index (κ1) is 13.7. The van der Waals surface area contributed by atoms with Crippen molar-refractivity contribution >= 4 is 11.7 Å². The molecule has 1 aliphatic heterocycles. The Kier molecular flexibility index (Phi) is 4.64. The molecule has 0 bridgehead atoms. The average Bonchev–Trinajstić information content (AvgIpc) is 2.93. The number of anilines is 1. The van der Waals surface area contributed by atoms with Crippen LogP contribution in [0.1, 0.15) is 23.8 Å². The van der Waals surface area contributed by atoms with Gasteiger partial charge in [-0.1, -0.05) is 6.92 Å². The lowest BCUT2D eigenvalue weighted by Crippen LogP contribution is -2.31. The van der Waals surface area contributed by atoms with E-state index in [9.17, 15) is 4.79 Å². The summed E-state index contributed by atoms with van der Waals surface area (Å²) >= 11 is 0. The number of likely N-dealkylation sites (tertiary alicyclic amines) is 1. The van der Waals surface area contributed by atoms with Crippen LogP contribution in [-0.4, -0.2) is 47.2 Å². The maximum absolute atomic E-state index is 11.9. The van der Waals surface area contributed by atoms with Gasteiger partial charge < -0.3 is 15.6 Å². The highest BCUT2D eigenvalue weighted by atomic mass is 16.1. The predicted octanol–water partition coefficient (Wildman–Crippen LogP) is -0.166. The van der Waals surface area contributed by atoms with E-state index < -0.39 is 0 Å². The smallest absolute Gasteiger partial charge is 0.271 e. The van der Waals surface area contributed by atoms with Crippen LogP contribution in [0, 0.1) is 5.92 Å². The monoisotopic (exact) mass is 264 g/mol. The van der Waals surface area contributed by atoms with Crippen LogP contribution in [0.3, 0.4) is 0 Å². The predicted molar refractivity (Wildman–Crippen MR) is 72.4 cm³/mol. The first-order valence-corrected chi connectivity index (χ1v) is 6.53. The topological polar surface area (TPSA) is 96.2 Å². The largest absolute Gasteiger partial charge is 0.350 e. The Morgan fingerprint density at radius 2 is 2.37 bits per heavy atom. The van der Waals surface area contributed by atoms with Crippen LogP contribution in [0.5, 0.6) is 0 Å². The van der Waals surface area contributed by atoms with Gasteiger partial charge >= 0.3 is 0 Å². The van der Waals surface area contributed by atoms with Gasteiger partial charge in [0, 0.05) is 13.1 Å². The second-order valence-electron chi connectivity index (χ2n) is 4.71. The first-order valence-electron chi connectivity index (χ1n) is 6.53. The number of hydrazine groups is 1. The zero-order chi connectivity index (χ0) is 13.7. The number of nitrogens with one attached hydrogen (secondary N) is 2. The zero-order valence-corrected chi connectivity index (χ0v) is 11.1. The molecule has 2 rings (SSSR count). The number of nitrogens with two attached hydrogens (primary N) is 1. The molecule has 1 aromatic heterocycles. The van der Waals surface area contributed by atoms with Gasteiger partial charge in [0.05, 0.1) is 0 Å². The number of rotatable bonds is 5. The van der Waals surface area contributed by atoms with Crippen molar-refractivity contribution in [1.29, 1.82) is 0 Å². The summed E-state index contributed by atoms with van der Waals surface area (Å²) < 4.78 is 0. The fourth-order valence-corrected chi connectivity index (χ4v) is 2.22. The number of nitrogen functional groups attached to an aromatic ring is 1. The van der Waals surface area contributed by atoms with Crippen LogP contribution in [0.2, 0.25) is 0 Å². The van der Waals surface area contributed by atoms with Gasteiger partial charge in [-0.15, -0.1) is 10.2 Å². The van der Waals surface area contributed by atoms with Crippen LogP contribution >= 0.6 is 0 Å². The van der Waals surface area contributed by atoms with E-state index in [1.54, 1.807) is 12.1 Å². The molecule has 0 saturated carbocycles. The summed E-state index contributed by atoms with van der Waals surface area (Å²) in [6.07, 6.45) is 1.13. The lowest BCUT2D eigenvalue weighted by atomic mass is 10.1. The maximum atomic E-state index is 11.9. The van der Waals surface area contributed by atoms with E-state index >= 15 is 0 Å². The number of aromatic nitrogens is 2. The number of amides is 1. The van der Waals surface area contributed by atoms with Gasteiger partial charge in [-0.3, -0.25) is 4.79 Å². The van der Waals surface area contributed by atoms with Crippen molar-refractivity contribution in [1.82, 2.24) is 20.4 Å². The average molecular weight is 264 g/mol. The summed E-state index contributed by atoms with van der Waals surface area (Å²) in [4.78, 5) is 14.3. The van der Waals surface area contributed by atoms with Crippen LogP contribution in [0.25, 0.3) is 0 Å². The summed E-state index contributed by atoms with van der Waals surface area (Å²) in [5.41, 5.74) is 2.68. The molecular weight excluding hydrogens is 244 g/mol. The van der Waals surface area contributed by atoms with Crippen molar-refractivity contribution in [3.63, 3.8) is 0 Å². The van der Waals surface area contributed by atoms with Gasteiger partial charge in [-0.25, -0.2) is 5.84 Å². The molecule has 1 aliphatic rings. The summed E-state index contributed by atoms with van der Waals surface area (Å²) in [7, 11) is 0. The molecule has 1 unspecified atom stereocenters. The van der Waals surface area contributed by atoms with E-state index in [-0.39, 0.29) is 5.91 Å². The summed E-state index contributed by atoms with van der Waals surface area (Å²) in [5.74, 6) is 5.96. The van der Waals surface area contributed by atoms with Crippen molar-refractivity contribution in [2.45, 2.75) is 13.3 Å². The summed E-state index contributed by atoms with van der Waals surface area (Å²) in [6.45, 7) is 6.09. The van der Waals surface area contributed by atoms with Crippen molar-refractivity contribution in [3.8, 4) is 0 Å². The molecule has 2 heterocycles. The Bertz CT molecular complexity index is 421. The molecule has 1 atom stereocenters. The number of hydrogen-bond donors (Lipinski definition) is 3. The fourth-order valence-electron chi connectivity index (χ4n) is 2.22. The lowest BCUT2D eigenvalue weighted by Gasteiger charge is -2.13. The van der Waals surface area contributed by atoms with Crippen molar-refractivity contribution in [3.05, 3.63) is 17.8 Å². The Labute approximate surface area is 112 Å². The van der Waals surface area contributed by atoms with Crippen LogP contribution in [0.4, 0.5) is 5.82 Å². The quantitative estimate of drug-likeness (QED) is 0.505. The van der Waals surface area contributed by atoms with Crippen LogP contribution in [-0.2, 0) is 0 Å². The standard InChI is InChI=1S/C12H20N6O/c1-2-18-6-5-9(8-18)7-14-12(19)10-3-4-11(15-13)17-16-10/h3-4,9H,2,5-8,13H2,1H3,(H,14,19)(H,15,17). The number of nitrogens with zero attached hydrogens (tertiary/aromatic N) is 3. The number of carbonyl (C=O) groups is 1. The van der Waals surface area contributed by atoms with Crippen molar-refractivity contribution in [2.75, 3.05) is 31.6 Å². The third-order valence-corrected chi connectivity index (χ3v) is 3.41. The molecule has 104 valence electrons. The number of hydrogen-bond acceptors (Lipinski definition) is 6. The second-order valence-corrected chi connectivity index (χ2v) is 4.71. The third-order valence-electron chi connectivity index (χ3n) is 3.41. The van der Waals surface area contributed by atoms with Crippen LogP contribution in [0.15, 0.2) is 12.1 Å². The molecular formula is C12H20N6O. The van der Waals surface area contributed by atoms with Crippen molar-refractivity contribution < 1.29 is 4.79 Å². The Balaban J connectivity index is 1.80. The molecule has 1 aromatic rings. The van der Waals surface area contributed by atoms with Gasteiger partial charge in [0.1, 0.15) is 0 Å². The highest BCUT2D eigenvalue weighted by molar-refractivity contribution is 5.92. The SMILES string of the molecule is CCN1CCC(CNC(=O)c2ccc(NN)nn2)C1. The van der Waals surface area contributed by atoms with Gasteiger partial charge in [-0.05, 0) is 37.6 Å². The van der Waals surface area contributed by atoms with Gasteiger partial charge in [0.15, 0.2) is 11.5 Å². The van der Waals surface area contributed by atoms with E-state index in [2.05, 4.69) is 32.8 Å². The zero-order valence-electron chi connectivity index (χ0n) is 11.1. The highest BCUT2D eigenvalue weighted by Crippen LogP contribution is 2.14. The minimum absolute atomic E-state index is 0.189. The lowest BCUT2D eigenvalue weighted by molar-refractivity contribution is 0.0941. The van der Waals surface area contributed by atoms with Gasteiger partial charge in [-0.2, -0.15) is 0 Å².